The first-order chi connectivity index (χ1) is 8.43. The average Bonchev–Trinajstić information content (AvgIpc) is 2.89. The number of hydrogen-bond donors (Lipinski definition) is 0. The van der Waals surface area contributed by atoms with Gasteiger partial charge in [0.15, 0.2) is 0 Å². The molecule has 0 nitrogen and oxygen atoms in total. The Morgan fingerprint density at radius 2 is 1.65 bits per heavy atom. The van der Waals surface area contributed by atoms with Crippen LogP contribution < -0.4 is 0 Å². The monoisotopic (exact) mass is 236 g/mol. The van der Waals surface area contributed by atoms with Gasteiger partial charge in [0.1, 0.15) is 0 Å². The molecule has 0 bridgehead atoms. The zero-order valence-electron chi connectivity index (χ0n) is 9.34. The first kappa shape index (κ1) is 10.3. The van der Waals surface area contributed by atoms with E-state index in [4.69, 9.17) is 0 Å². The molecule has 1 aromatic heterocycles. The number of benzene rings is 2. The van der Waals surface area contributed by atoms with Crippen LogP contribution in [-0.2, 0) is 0 Å². The molecule has 1 heterocycles. The Hall–Kier alpha value is -1.86. The van der Waals surface area contributed by atoms with Crippen molar-refractivity contribution in [3.8, 4) is 0 Å². The Balaban J connectivity index is 2.06. The Morgan fingerprint density at radius 3 is 2.53 bits per heavy atom. The van der Waals surface area contributed by atoms with Crippen molar-refractivity contribution in [3.63, 3.8) is 0 Å². The summed E-state index contributed by atoms with van der Waals surface area (Å²) in [6, 6.07) is 19.1. The Bertz CT molecular complexity index is 643. The van der Waals surface area contributed by atoms with Crippen molar-refractivity contribution >= 4 is 34.3 Å². The normalized spacial score (nSPS) is 11.3. The molecule has 0 N–H and O–H groups in total. The molecule has 0 saturated heterocycles. The molecule has 0 aliphatic rings. The number of fused-ring (bicyclic) bond motifs is 1. The lowest BCUT2D eigenvalue weighted by Gasteiger charge is -2.01. The van der Waals surface area contributed by atoms with Crippen molar-refractivity contribution in [2.24, 2.45) is 0 Å². The van der Waals surface area contributed by atoms with Crippen LogP contribution in [0.4, 0.5) is 0 Å². The van der Waals surface area contributed by atoms with Crippen molar-refractivity contribution in [1.29, 1.82) is 0 Å². The van der Waals surface area contributed by atoms with Crippen LogP contribution in [-0.4, -0.2) is 0 Å². The van der Waals surface area contributed by atoms with Gasteiger partial charge in [-0.2, -0.15) is 0 Å². The molecule has 0 spiro atoms. The third-order valence-corrected chi connectivity index (χ3v) is 3.63. The minimum absolute atomic E-state index is 1.27. The summed E-state index contributed by atoms with van der Waals surface area (Å²) in [6.45, 7) is 0. The van der Waals surface area contributed by atoms with Crippen LogP contribution in [0.1, 0.15) is 10.4 Å². The first-order valence-corrected chi connectivity index (χ1v) is 6.51. The van der Waals surface area contributed by atoms with Gasteiger partial charge in [0.05, 0.1) is 0 Å². The molecule has 1 heteroatoms. The Labute approximate surface area is 105 Å². The van der Waals surface area contributed by atoms with Gasteiger partial charge in [0.2, 0.25) is 0 Å². The summed E-state index contributed by atoms with van der Waals surface area (Å²) in [4.78, 5) is 1.29. The molecule has 3 aromatic rings. The summed E-state index contributed by atoms with van der Waals surface area (Å²) in [5, 5.41) is 4.70. The van der Waals surface area contributed by atoms with Gasteiger partial charge >= 0.3 is 0 Å². The highest BCUT2D eigenvalue weighted by atomic mass is 32.1. The zero-order chi connectivity index (χ0) is 11.5. The third kappa shape index (κ3) is 2.15. The fourth-order valence-corrected chi connectivity index (χ4v) is 2.57. The van der Waals surface area contributed by atoms with Crippen LogP contribution >= 0.6 is 11.3 Å². The molecule has 0 saturated carbocycles. The quantitative estimate of drug-likeness (QED) is 0.582. The van der Waals surface area contributed by atoms with Crippen LogP contribution in [0.25, 0.3) is 22.9 Å². The Morgan fingerprint density at radius 1 is 0.765 bits per heavy atom. The Kier molecular flexibility index (Phi) is 2.76. The highest BCUT2D eigenvalue weighted by Gasteiger charge is 1.96. The third-order valence-electron chi connectivity index (χ3n) is 2.79. The molecule has 3 rings (SSSR count). The smallest absolute Gasteiger partial charge is 0.0270 e. The summed E-state index contributed by atoms with van der Waals surface area (Å²) < 4.78 is 0. The maximum absolute atomic E-state index is 2.19. The van der Waals surface area contributed by atoms with E-state index < -0.39 is 0 Å². The van der Waals surface area contributed by atoms with Crippen molar-refractivity contribution in [2.75, 3.05) is 0 Å². The van der Waals surface area contributed by atoms with Crippen molar-refractivity contribution in [1.82, 2.24) is 0 Å². The minimum atomic E-state index is 1.27. The van der Waals surface area contributed by atoms with Gasteiger partial charge in [-0.05, 0) is 33.9 Å². The molecule has 0 aliphatic carbocycles. The van der Waals surface area contributed by atoms with E-state index in [1.807, 2.05) is 0 Å². The summed E-state index contributed by atoms with van der Waals surface area (Å²) in [5.41, 5.74) is 1.27. The molecular weight excluding hydrogens is 224 g/mol. The van der Waals surface area contributed by atoms with Crippen molar-refractivity contribution in [3.05, 3.63) is 70.4 Å². The fourth-order valence-electron chi connectivity index (χ4n) is 1.95. The summed E-state index contributed by atoms with van der Waals surface area (Å²) in [7, 11) is 0. The summed E-state index contributed by atoms with van der Waals surface area (Å²) in [6.07, 6.45) is 4.36. The summed E-state index contributed by atoms with van der Waals surface area (Å²) >= 11 is 1.76. The van der Waals surface area contributed by atoms with E-state index in [2.05, 4.69) is 72.1 Å². The van der Waals surface area contributed by atoms with Crippen LogP contribution in [0.15, 0.2) is 60.0 Å². The van der Waals surface area contributed by atoms with E-state index in [9.17, 15) is 0 Å². The molecule has 2 aromatic carbocycles. The van der Waals surface area contributed by atoms with Gasteiger partial charge < -0.3 is 0 Å². The van der Waals surface area contributed by atoms with Crippen LogP contribution in [0.5, 0.6) is 0 Å². The molecule has 0 unspecified atom stereocenters. The second-order valence-electron chi connectivity index (χ2n) is 3.92. The lowest BCUT2D eigenvalue weighted by molar-refractivity contribution is 1.72. The molecule has 0 amide bonds. The predicted octanol–water partition coefficient (Wildman–Crippen LogP) is 5.07. The van der Waals surface area contributed by atoms with E-state index in [0.29, 0.717) is 0 Å². The standard InChI is InChI=1S/C16H12S/c1-2-9-16-13(5-1)6-3-7-14(16)10-11-15-8-4-12-17-15/h1-12H. The van der Waals surface area contributed by atoms with Gasteiger partial charge in [0.25, 0.3) is 0 Å². The van der Waals surface area contributed by atoms with Crippen LogP contribution in [0.3, 0.4) is 0 Å². The lowest BCUT2D eigenvalue weighted by Crippen LogP contribution is -1.76. The number of hydrogen-bond acceptors (Lipinski definition) is 1. The number of thiophene rings is 1. The molecule has 17 heavy (non-hydrogen) atoms. The largest absolute Gasteiger partial charge is 0.144 e. The number of rotatable bonds is 2. The zero-order valence-corrected chi connectivity index (χ0v) is 10.2. The van der Waals surface area contributed by atoms with Crippen LogP contribution in [0.2, 0.25) is 0 Å². The van der Waals surface area contributed by atoms with Gasteiger partial charge in [-0.25, -0.2) is 0 Å². The highest BCUT2D eigenvalue weighted by molar-refractivity contribution is 7.10. The highest BCUT2D eigenvalue weighted by Crippen LogP contribution is 2.21. The van der Waals surface area contributed by atoms with E-state index in [-0.39, 0.29) is 0 Å². The second-order valence-corrected chi connectivity index (χ2v) is 4.90. The van der Waals surface area contributed by atoms with Gasteiger partial charge in [-0.15, -0.1) is 11.3 Å². The maximum atomic E-state index is 2.19. The average molecular weight is 236 g/mol. The minimum Gasteiger partial charge on any atom is -0.144 e. The van der Waals surface area contributed by atoms with E-state index in [1.54, 1.807) is 11.3 Å². The maximum Gasteiger partial charge on any atom is 0.0270 e. The fraction of sp³-hybridized carbons (Fsp3) is 0. The van der Waals surface area contributed by atoms with Gasteiger partial charge in [-0.3, -0.25) is 0 Å². The van der Waals surface area contributed by atoms with E-state index >= 15 is 0 Å². The molecule has 0 fully saturated rings. The summed E-state index contributed by atoms with van der Waals surface area (Å²) in [5.74, 6) is 0. The molecule has 0 atom stereocenters. The topological polar surface area (TPSA) is 0 Å². The van der Waals surface area contributed by atoms with Crippen molar-refractivity contribution < 1.29 is 0 Å². The molecule has 0 radical (unpaired) electrons. The predicted molar refractivity (Wildman–Crippen MR) is 77.2 cm³/mol. The molecule has 0 aliphatic heterocycles. The first-order valence-electron chi connectivity index (χ1n) is 5.63. The van der Waals surface area contributed by atoms with E-state index in [0.717, 1.165) is 0 Å². The molecule has 82 valence electrons. The lowest BCUT2D eigenvalue weighted by atomic mass is 10.0. The SMILES string of the molecule is C(=Cc1cccc2ccccc12)c1cccs1. The van der Waals surface area contributed by atoms with Gasteiger partial charge in [-0.1, -0.05) is 54.6 Å². The molecular formula is C16H12S. The second kappa shape index (κ2) is 4.56. The van der Waals surface area contributed by atoms with E-state index in [1.165, 1.54) is 21.2 Å². The van der Waals surface area contributed by atoms with Gasteiger partial charge in [0, 0.05) is 4.88 Å². The van der Waals surface area contributed by atoms with Crippen LogP contribution in [0, 0.1) is 0 Å². The van der Waals surface area contributed by atoms with Crippen molar-refractivity contribution in [2.45, 2.75) is 0 Å².